The van der Waals surface area contributed by atoms with Gasteiger partial charge in [0.05, 0.1) is 23.4 Å². The number of rotatable bonds is 7. The van der Waals surface area contributed by atoms with Gasteiger partial charge in [-0.15, -0.1) is 0 Å². The molecule has 5 nitrogen and oxygen atoms in total. The summed E-state index contributed by atoms with van der Waals surface area (Å²) in [5.41, 5.74) is 2.79. The molecule has 1 aromatic heterocycles. The molecule has 3 aromatic rings. The monoisotopic (exact) mass is 467 g/mol. The van der Waals surface area contributed by atoms with Crippen LogP contribution < -0.4 is 5.32 Å². The van der Waals surface area contributed by atoms with Crippen LogP contribution in [0.5, 0.6) is 0 Å². The molecule has 1 N–H and O–H groups in total. The fourth-order valence-corrected chi connectivity index (χ4v) is 3.62. The summed E-state index contributed by atoms with van der Waals surface area (Å²) in [6.07, 6.45) is 0. The Morgan fingerprint density at radius 1 is 1.24 bits per heavy atom. The third-order valence-electron chi connectivity index (χ3n) is 3.60. The van der Waals surface area contributed by atoms with Crippen LogP contribution in [-0.2, 0) is 16.1 Å². The lowest BCUT2D eigenvalue weighted by molar-refractivity contribution is -0.113. The van der Waals surface area contributed by atoms with Gasteiger partial charge in [0, 0.05) is 22.9 Å². The standard InChI is InChI=1S/C18H18IN3O2S/c1-24-11-10-22-16-5-3-2-4-15(16)21-18(22)25-12-17(23)20-14-8-6-13(19)7-9-14/h2-9H,10-12H2,1H3,(H,20,23). The van der Waals surface area contributed by atoms with Gasteiger partial charge in [-0.1, -0.05) is 23.9 Å². The van der Waals surface area contributed by atoms with Crippen molar-refractivity contribution in [3.05, 3.63) is 52.1 Å². The summed E-state index contributed by atoms with van der Waals surface area (Å²) in [6, 6.07) is 15.7. The van der Waals surface area contributed by atoms with Gasteiger partial charge in [-0.2, -0.15) is 0 Å². The first-order chi connectivity index (χ1) is 12.2. The van der Waals surface area contributed by atoms with Crippen molar-refractivity contribution >= 4 is 57.0 Å². The number of amides is 1. The fourth-order valence-electron chi connectivity index (χ4n) is 2.42. The first-order valence-electron chi connectivity index (χ1n) is 7.80. The van der Waals surface area contributed by atoms with Crippen molar-refractivity contribution in [2.45, 2.75) is 11.7 Å². The predicted octanol–water partition coefficient (Wildman–Crippen LogP) is 4.02. The number of ether oxygens (including phenoxy) is 1. The summed E-state index contributed by atoms with van der Waals surface area (Å²) in [5.74, 6) is 0.263. The Bertz CT molecular complexity index is 864. The van der Waals surface area contributed by atoms with E-state index in [0.717, 1.165) is 25.4 Å². The van der Waals surface area contributed by atoms with E-state index in [1.54, 1.807) is 7.11 Å². The van der Waals surface area contributed by atoms with Crippen molar-refractivity contribution in [1.29, 1.82) is 0 Å². The molecular formula is C18H18IN3O2S. The minimum Gasteiger partial charge on any atom is -0.383 e. The first kappa shape index (κ1) is 18.2. The normalized spacial score (nSPS) is 11.0. The second-order valence-electron chi connectivity index (χ2n) is 5.37. The van der Waals surface area contributed by atoms with E-state index in [4.69, 9.17) is 4.74 Å². The highest BCUT2D eigenvalue weighted by atomic mass is 127. The Kier molecular flexibility index (Phi) is 6.33. The number of nitrogens with zero attached hydrogens (tertiary/aromatic N) is 2. The minimum atomic E-state index is -0.0449. The largest absolute Gasteiger partial charge is 0.383 e. The molecule has 0 saturated heterocycles. The van der Waals surface area contributed by atoms with Crippen LogP contribution in [0.3, 0.4) is 0 Å². The minimum absolute atomic E-state index is 0.0449. The van der Waals surface area contributed by atoms with E-state index in [-0.39, 0.29) is 5.91 Å². The molecule has 3 rings (SSSR count). The summed E-state index contributed by atoms with van der Waals surface area (Å²) in [7, 11) is 1.68. The Morgan fingerprint density at radius 2 is 2.00 bits per heavy atom. The number of nitrogens with one attached hydrogen (secondary N) is 1. The number of anilines is 1. The lowest BCUT2D eigenvalue weighted by Gasteiger charge is -2.08. The quantitative estimate of drug-likeness (QED) is 0.422. The molecule has 1 amide bonds. The number of thioether (sulfide) groups is 1. The predicted molar refractivity (Wildman–Crippen MR) is 110 cm³/mol. The van der Waals surface area contributed by atoms with Crippen molar-refractivity contribution in [2.75, 3.05) is 24.8 Å². The summed E-state index contributed by atoms with van der Waals surface area (Å²) in [6.45, 7) is 1.31. The van der Waals surface area contributed by atoms with Crippen molar-refractivity contribution < 1.29 is 9.53 Å². The lowest BCUT2D eigenvalue weighted by Crippen LogP contribution is -2.15. The smallest absolute Gasteiger partial charge is 0.234 e. The number of carbonyl (C=O) groups is 1. The average molecular weight is 467 g/mol. The molecule has 7 heteroatoms. The molecule has 0 bridgehead atoms. The number of hydrogen-bond donors (Lipinski definition) is 1. The van der Waals surface area contributed by atoms with Crippen LogP contribution in [0, 0.1) is 3.57 Å². The van der Waals surface area contributed by atoms with Crippen LogP contribution in [0.4, 0.5) is 5.69 Å². The van der Waals surface area contributed by atoms with Crippen molar-refractivity contribution in [3.63, 3.8) is 0 Å². The van der Waals surface area contributed by atoms with E-state index < -0.39 is 0 Å². The SMILES string of the molecule is COCCn1c(SCC(=O)Nc2ccc(I)cc2)nc2ccccc21. The number of fused-ring (bicyclic) bond motifs is 1. The maximum absolute atomic E-state index is 12.2. The van der Waals surface area contributed by atoms with E-state index in [1.807, 2.05) is 48.5 Å². The molecule has 2 aromatic carbocycles. The molecular weight excluding hydrogens is 449 g/mol. The zero-order chi connectivity index (χ0) is 17.6. The Labute approximate surface area is 164 Å². The van der Waals surface area contributed by atoms with Gasteiger partial charge in [0.1, 0.15) is 0 Å². The molecule has 0 fully saturated rings. The molecule has 0 aliphatic heterocycles. The Hall–Kier alpha value is -1.58. The van der Waals surface area contributed by atoms with Gasteiger partial charge in [-0.25, -0.2) is 4.98 Å². The van der Waals surface area contributed by atoms with E-state index in [0.29, 0.717) is 18.9 Å². The molecule has 0 spiro atoms. The molecule has 0 atom stereocenters. The topological polar surface area (TPSA) is 56.1 Å². The number of imidazole rings is 1. The van der Waals surface area contributed by atoms with Crippen LogP contribution in [-0.4, -0.2) is 34.9 Å². The number of halogens is 1. The second kappa shape index (κ2) is 8.68. The molecule has 0 aliphatic rings. The first-order valence-corrected chi connectivity index (χ1v) is 9.86. The summed E-state index contributed by atoms with van der Waals surface area (Å²) >= 11 is 3.67. The van der Waals surface area contributed by atoms with E-state index >= 15 is 0 Å². The number of methoxy groups -OCH3 is 1. The molecule has 0 radical (unpaired) electrons. The second-order valence-corrected chi connectivity index (χ2v) is 7.56. The van der Waals surface area contributed by atoms with Crippen molar-refractivity contribution in [3.8, 4) is 0 Å². The fraction of sp³-hybridized carbons (Fsp3) is 0.222. The number of carbonyl (C=O) groups excluding carboxylic acids is 1. The zero-order valence-corrected chi connectivity index (χ0v) is 16.7. The van der Waals surface area contributed by atoms with Gasteiger partial charge in [-0.3, -0.25) is 4.79 Å². The van der Waals surface area contributed by atoms with Crippen molar-refractivity contribution in [2.24, 2.45) is 0 Å². The number of para-hydroxylation sites is 2. The summed E-state index contributed by atoms with van der Waals surface area (Å²) in [4.78, 5) is 16.9. The summed E-state index contributed by atoms with van der Waals surface area (Å²) < 4.78 is 8.43. The third kappa shape index (κ3) is 4.74. The van der Waals surface area contributed by atoms with Gasteiger partial charge in [0.25, 0.3) is 0 Å². The number of benzene rings is 2. The Balaban J connectivity index is 1.69. The molecule has 0 aliphatic carbocycles. The zero-order valence-electron chi connectivity index (χ0n) is 13.7. The van der Waals surface area contributed by atoms with Crippen LogP contribution in [0.15, 0.2) is 53.7 Å². The highest BCUT2D eigenvalue weighted by Gasteiger charge is 2.13. The third-order valence-corrected chi connectivity index (χ3v) is 5.29. The van der Waals surface area contributed by atoms with Gasteiger partial charge in [-0.05, 0) is 59.0 Å². The lowest BCUT2D eigenvalue weighted by atomic mass is 10.3. The van der Waals surface area contributed by atoms with Gasteiger partial charge in [0.15, 0.2) is 5.16 Å². The average Bonchev–Trinajstić information content (AvgIpc) is 2.98. The molecule has 0 unspecified atom stereocenters. The Morgan fingerprint density at radius 3 is 2.76 bits per heavy atom. The van der Waals surface area contributed by atoms with Gasteiger partial charge in [0.2, 0.25) is 5.91 Å². The van der Waals surface area contributed by atoms with E-state index in [2.05, 4.69) is 37.5 Å². The maximum atomic E-state index is 12.2. The van der Waals surface area contributed by atoms with E-state index in [1.165, 1.54) is 11.8 Å². The van der Waals surface area contributed by atoms with E-state index in [9.17, 15) is 4.79 Å². The highest BCUT2D eigenvalue weighted by molar-refractivity contribution is 14.1. The van der Waals surface area contributed by atoms with Crippen LogP contribution in [0.25, 0.3) is 11.0 Å². The van der Waals surface area contributed by atoms with Gasteiger partial charge < -0.3 is 14.6 Å². The maximum Gasteiger partial charge on any atom is 0.234 e. The van der Waals surface area contributed by atoms with Gasteiger partial charge >= 0.3 is 0 Å². The molecule has 1 heterocycles. The van der Waals surface area contributed by atoms with Crippen molar-refractivity contribution in [1.82, 2.24) is 9.55 Å². The van der Waals surface area contributed by atoms with Crippen LogP contribution in [0.2, 0.25) is 0 Å². The van der Waals surface area contributed by atoms with Crippen LogP contribution >= 0.6 is 34.4 Å². The number of aromatic nitrogens is 2. The van der Waals surface area contributed by atoms with Crippen LogP contribution in [0.1, 0.15) is 0 Å². The highest BCUT2D eigenvalue weighted by Crippen LogP contribution is 2.24. The number of hydrogen-bond acceptors (Lipinski definition) is 4. The summed E-state index contributed by atoms with van der Waals surface area (Å²) in [5, 5.41) is 3.74. The molecule has 0 saturated carbocycles. The molecule has 130 valence electrons. The molecule has 25 heavy (non-hydrogen) atoms.